The Labute approximate surface area is 160 Å². The fraction of sp³-hybridized carbons (Fsp3) is 0.952. The molecule has 0 aromatic heterocycles. The van der Waals surface area contributed by atoms with Gasteiger partial charge in [-0.15, -0.1) is 0 Å². The van der Waals surface area contributed by atoms with Gasteiger partial charge in [-0.3, -0.25) is 14.9 Å². The van der Waals surface area contributed by atoms with Gasteiger partial charge in [0.25, 0.3) is 0 Å². The molecule has 0 atom stereocenters. The summed E-state index contributed by atoms with van der Waals surface area (Å²) in [6, 6.07) is 0. The van der Waals surface area contributed by atoms with Crippen molar-refractivity contribution >= 4 is 5.97 Å². The highest BCUT2D eigenvalue weighted by Gasteiger charge is 1.99. The predicted octanol–water partition coefficient (Wildman–Crippen LogP) is 6.46. The molecule has 0 fully saturated rings. The standard InChI is InChI=1S/C21H41NO4/c1-26-21(23)19-17-15-13-11-9-7-5-3-2-4-6-8-10-12-14-16-18-20-22(24)25/h2-20H2,1H3. The van der Waals surface area contributed by atoms with E-state index < -0.39 is 0 Å². The van der Waals surface area contributed by atoms with E-state index in [0.29, 0.717) is 6.42 Å². The summed E-state index contributed by atoms with van der Waals surface area (Å²) in [4.78, 5) is 20.9. The number of esters is 1. The van der Waals surface area contributed by atoms with E-state index in [1.807, 2.05) is 0 Å². The lowest BCUT2D eigenvalue weighted by Crippen LogP contribution is -1.99. The van der Waals surface area contributed by atoms with Gasteiger partial charge < -0.3 is 4.74 Å². The van der Waals surface area contributed by atoms with E-state index in [1.54, 1.807) is 0 Å². The molecule has 0 aliphatic rings. The Bertz CT molecular complexity index is 334. The van der Waals surface area contributed by atoms with E-state index in [-0.39, 0.29) is 17.4 Å². The molecular formula is C21H41NO4. The largest absolute Gasteiger partial charge is 0.469 e. The zero-order valence-electron chi connectivity index (χ0n) is 17.0. The number of hydrogen-bond acceptors (Lipinski definition) is 4. The maximum Gasteiger partial charge on any atom is 0.305 e. The molecule has 0 unspecified atom stereocenters. The second kappa shape index (κ2) is 20.2. The average Bonchev–Trinajstić information content (AvgIpc) is 2.63. The zero-order chi connectivity index (χ0) is 19.3. The normalized spacial score (nSPS) is 10.8. The van der Waals surface area contributed by atoms with Gasteiger partial charge in [-0.05, 0) is 12.8 Å². The van der Waals surface area contributed by atoms with Crippen molar-refractivity contribution in [1.29, 1.82) is 0 Å². The molecule has 0 amide bonds. The Kier molecular flexibility index (Phi) is 19.3. The predicted molar refractivity (Wildman–Crippen MR) is 107 cm³/mol. The van der Waals surface area contributed by atoms with Crippen molar-refractivity contribution in [3.63, 3.8) is 0 Å². The van der Waals surface area contributed by atoms with Gasteiger partial charge in [0.1, 0.15) is 0 Å². The highest BCUT2D eigenvalue weighted by atomic mass is 16.6. The maximum atomic E-state index is 11.0. The molecular weight excluding hydrogens is 330 g/mol. The van der Waals surface area contributed by atoms with E-state index in [1.165, 1.54) is 84.2 Å². The Hall–Kier alpha value is -1.13. The molecule has 0 saturated carbocycles. The van der Waals surface area contributed by atoms with Crippen molar-refractivity contribution in [3.05, 3.63) is 10.1 Å². The molecule has 5 heteroatoms. The van der Waals surface area contributed by atoms with Crippen LogP contribution in [0.15, 0.2) is 0 Å². The minimum absolute atomic E-state index is 0.0855. The second-order valence-electron chi connectivity index (χ2n) is 7.39. The molecule has 0 aliphatic carbocycles. The summed E-state index contributed by atoms with van der Waals surface area (Å²) in [6.45, 7) is 0.134. The zero-order valence-corrected chi connectivity index (χ0v) is 17.0. The number of nitro groups is 1. The van der Waals surface area contributed by atoms with Crippen molar-refractivity contribution in [2.45, 2.75) is 116 Å². The van der Waals surface area contributed by atoms with Crippen LogP contribution >= 0.6 is 0 Å². The number of carbonyl (C=O) groups is 1. The molecule has 0 aliphatic heterocycles. The first-order valence-corrected chi connectivity index (χ1v) is 10.9. The van der Waals surface area contributed by atoms with E-state index in [0.717, 1.165) is 32.1 Å². The lowest BCUT2D eigenvalue weighted by molar-refractivity contribution is -0.480. The van der Waals surface area contributed by atoms with Crippen LogP contribution in [0, 0.1) is 10.1 Å². The van der Waals surface area contributed by atoms with Gasteiger partial charge in [0, 0.05) is 17.8 Å². The van der Waals surface area contributed by atoms with Gasteiger partial charge in [0.05, 0.1) is 7.11 Å². The van der Waals surface area contributed by atoms with Crippen LogP contribution in [-0.4, -0.2) is 24.5 Å². The molecule has 0 rings (SSSR count). The third-order valence-corrected chi connectivity index (χ3v) is 4.95. The highest BCUT2D eigenvalue weighted by molar-refractivity contribution is 5.68. The molecule has 0 spiro atoms. The summed E-state index contributed by atoms with van der Waals surface area (Å²) in [6.07, 6.45) is 21.4. The third kappa shape index (κ3) is 20.9. The minimum Gasteiger partial charge on any atom is -0.469 e. The van der Waals surface area contributed by atoms with E-state index in [4.69, 9.17) is 0 Å². The van der Waals surface area contributed by atoms with Crippen LogP contribution < -0.4 is 0 Å². The topological polar surface area (TPSA) is 69.4 Å². The monoisotopic (exact) mass is 371 g/mol. The summed E-state index contributed by atoms with van der Waals surface area (Å²) in [5.74, 6) is -0.0855. The number of carbonyl (C=O) groups excluding carboxylic acids is 1. The van der Waals surface area contributed by atoms with Crippen LogP contribution in [0.2, 0.25) is 0 Å². The van der Waals surface area contributed by atoms with Gasteiger partial charge in [0.15, 0.2) is 0 Å². The van der Waals surface area contributed by atoms with Crippen molar-refractivity contribution in [2.24, 2.45) is 0 Å². The van der Waals surface area contributed by atoms with E-state index >= 15 is 0 Å². The quantitative estimate of drug-likeness (QED) is 0.107. The van der Waals surface area contributed by atoms with Crippen LogP contribution in [0.4, 0.5) is 0 Å². The van der Waals surface area contributed by atoms with Crippen LogP contribution in [0.1, 0.15) is 116 Å². The van der Waals surface area contributed by atoms with Crippen LogP contribution in [0.5, 0.6) is 0 Å². The third-order valence-electron chi connectivity index (χ3n) is 4.95. The molecule has 0 aromatic carbocycles. The van der Waals surface area contributed by atoms with Crippen LogP contribution in [-0.2, 0) is 9.53 Å². The van der Waals surface area contributed by atoms with Gasteiger partial charge in [-0.1, -0.05) is 89.9 Å². The molecule has 0 aromatic rings. The lowest BCUT2D eigenvalue weighted by Gasteiger charge is -2.03. The number of rotatable bonds is 20. The number of nitrogens with zero attached hydrogens (tertiary/aromatic N) is 1. The van der Waals surface area contributed by atoms with Gasteiger partial charge >= 0.3 is 5.97 Å². The van der Waals surface area contributed by atoms with Crippen molar-refractivity contribution < 1.29 is 14.5 Å². The number of unbranched alkanes of at least 4 members (excludes halogenated alkanes) is 16. The number of ether oxygens (including phenoxy) is 1. The van der Waals surface area contributed by atoms with Gasteiger partial charge in [-0.25, -0.2) is 0 Å². The van der Waals surface area contributed by atoms with Crippen molar-refractivity contribution in [3.8, 4) is 0 Å². The summed E-state index contributed by atoms with van der Waals surface area (Å²) in [5.41, 5.74) is 0. The maximum absolute atomic E-state index is 11.0. The second-order valence-corrected chi connectivity index (χ2v) is 7.39. The summed E-state index contributed by atoms with van der Waals surface area (Å²) in [5, 5.41) is 10.2. The first-order chi connectivity index (χ1) is 12.7. The summed E-state index contributed by atoms with van der Waals surface area (Å²) in [7, 11) is 1.45. The molecule has 0 radical (unpaired) electrons. The first kappa shape index (κ1) is 24.9. The smallest absolute Gasteiger partial charge is 0.305 e. The fourth-order valence-corrected chi connectivity index (χ4v) is 3.26. The van der Waals surface area contributed by atoms with Gasteiger partial charge in [-0.2, -0.15) is 0 Å². The molecule has 0 N–H and O–H groups in total. The number of hydrogen-bond donors (Lipinski definition) is 0. The first-order valence-electron chi connectivity index (χ1n) is 10.9. The molecule has 0 bridgehead atoms. The average molecular weight is 372 g/mol. The highest BCUT2D eigenvalue weighted by Crippen LogP contribution is 2.14. The van der Waals surface area contributed by atoms with Crippen molar-refractivity contribution in [2.75, 3.05) is 13.7 Å². The molecule has 0 saturated heterocycles. The molecule has 154 valence electrons. The van der Waals surface area contributed by atoms with E-state index in [2.05, 4.69) is 4.74 Å². The fourth-order valence-electron chi connectivity index (χ4n) is 3.26. The Morgan fingerprint density at radius 1 is 0.654 bits per heavy atom. The Morgan fingerprint density at radius 3 is 1.27 bits per heavy atom. The van der Waals surface area contributed by atoms with Crippen LogP contribution in [0.25, 0.3) is 0 Å². The van der Waals surface area contributed by atoms with Crippen molar-refractivity contribution in [1.82, 2.24) is 0 Å². The molecule has 26 heavy (non-hydrogen) atoms. The number of methoxy groups -OCH3 is 1. The van der Waals surface area contributed by atoms with Gasteiger partial charge in [0.2, 0.25) is 6.54 Å². The molecule has 5 nitrogen and oxygen atoms in total. The summed E-state index contributed by atoms with van der Waals surface area (Å²) >= 11 is 0. The molecule has 0 heterocycles. The van der Waals surface area contributed by atoms with Crippen LogP contribution in [0.3, 0.4) is 0 Å². The summed E-state index contributed by atoms with van der Waals surface area (Å²) < 4.78 is 4.63. The van der Waals surface area contributed by atoms with E-state index in [9.17, 15) is 14.9 Å². The minimum atomic E-state index is -0.215. The Morgan fingerprint density at radius 2 is 0.962 bits per heavy atom. The SMILES string of the molecule is COC(=O)CCCCCCCCCCCCCCCCCCC[N+](=O)[O-]. The Balaban J connectivity index is 3.03. The lowest BCUT2D eigenvalue weighted by atomic mass is 10.0.